The van der Waals surface area contributed by atoms with Gasteiger partial charge in [0.2, 0.25) is 5.91 Å². The third-order valence-corrected chi connectivity index (χ3v) is 4.69. The van der Waals surface area contributed by atoms with Gasteiger partial charge >= 0.3 is 0 Å². The number of H-pyrrole nitrogens is 1. The molecule has 0 atom stereocenters. The number of thiophene rings is 1. The third-order valence-electron chi connectivity index (χ3n) is 3.52. The first kappa shape index (κ1) is 16.9. The number of rotatable bonds is 7. The molecule has 0 spiro atoms. The van der Waals surface area contributed by atoms with E-state index in [-0.39, 0.29) is 5.91 Å². The summed E-state index contributed by atoms with van der Waals surface area (Å²) in [6.07, 6.45) is 1.45. The average Bonchev–Trinajstić information content (AvgIpc) is 3.11. The van der Waals surface area contributed by atoms with E-state index < -0.39 is 0 Å². The minimum absolute atomic E-state index is 0.140. The van der Waals surface area contributed by atoms with Crippen molar-refractivity contribution in [2.45, 2.75) is 33.2 Å². The van der Waals surface area contributed by atoms with E-state index in [2.05, 4.69) is 24.0 Å². The molecule has 0 unspecified atom stereocenters. The molecule has 2 aromatic heterocycles. The molecule has 1 N–H and O–H groups in total. The molecule has 7 heteroatoms. The first-order chi connectivity index (χ1) is 10.5. The molecule has 1 amide bonds. The first-order valence-corrected chi connectivity index (χ1v) is 8.71. The van der Waals surface area contributed by atoms with E-state index in [1.807, 2.05) is 29.1 Å². The van der Waals surface area contributed by atoms with Gasteiger partial charge in [0.05, 0.1) is 4.88 Å². The predicted molar refractivity (Wildman–Crippen MR) is 92.4 cm³/mol. The van der Waals surface area contributed by atoms with Gasteiger partial charge in [-0.25, -0.2) is 0 Å². The van der Waals surface area contributed by atoms with Crippen molar-refractivity contribution in [1.82, 2.24) is 19.7 Å². The summed E-state index contributed by atoms with van der Waals surface area (Å²) >= 11 is 6.88. The SMILES string of the molecule is CC(C)CCN(C)C(=O)CCn1c(-c2cccs2)n[nH]c1=S. The molecule has 0 aromatic carbocycles. The number of aromatic nitrogens is 3. The number of nitrogens with one attached hydrogen (secondary N) is 1. The summed E-state index contributed by atoms with van der Waals surface area (Å²) in [6.45, 7) is 5.67. The number of hydrogen-bond acceptors (Lipinski definition) is 4. The van der Waals surface area contributed by atoms with Crippen LogP contribution < -0.4 is 0 Å². The Hall–Kier alpha value is -1.47. The Bertz CT molecular complexity index is 657. The molecule has 0 aliphatic carbocycles. The standard InChI is InChI=1S/C15H22N4OS2/c1-11(2)6-8-18(3)13(20)7-9-19-14(16-17-15(19)21)12-5-4-10-22-12/h4-5,10-11H,6-9H2,1-3H3,(H,17,21). The number of carbonyl (C=O) groups is 1. The van der Waals surface area contributed by atoms with Crippen molar-refractivity contribution < 1.29 is 4.79 Å². The van der Waals surface area contributed by atoms with E-state index in [9.17, 15) is 4.79 Å². The normalized spacial score (nSPS) is 11.1. The van der Waals surface area contributed by atoms with Crippen molar-refractivity contribution in [3.63, 3.8) is 0 Å². The number of carbonyl (C=O) groups excluding carboxylic acids is 1. The number of hydrogen-bond donors (Lipinski definition) is 1. The van der Waals surface area contributed by atoms with E-state index in [0.29, 0.717) is 23.7 Å². The molecule has 2 heterocycles. The van der Waals surface area contributed by atoms with Gasteiger partial charge in [0.1, 0.15) is 0 Å². The van der Waals surface area contributed by atoms with Crippen molar-refractivity contribution in [3.8, 4) is 10.7 Å². The quantitative estimate of drug-likeness (QED) is 0.785. The Balaban J connectivity index is 1.99. The topological polar surface area (TPSA) is 53.9 Å². The molecule has 0 fully saturated rings. The van der Waals surface area contributed by atoms with Crippen LogP contribution in [0.3, 0.4) is 0 Å². The predicted octanol–water partition coefficient (Wildman–Crippen LogP) is 3.56. The molecule has 22 heavy (non-hydrogen) atoms. The van der Waals surface area contributed by atoms with E-state index in [1.165, 1.54) is 0 Å². The molecule has 2 aromatic rings. The molecule has 0 radical (unpaired) electrons. The molecule has 2 rings (SSSR count). The Kier molecular flexibility index (Phi) is 5.90. The van der Waals surface area contributed by atoms with Crippen molar-refractivity contribution >= 4 is 29.5 Å². The lowest BCUT2D eigenvalue weighted by Crippen LogP contribution is -2.29. The molecular weight excluding hydrogens is 316 g/mol. The van der Waals surface area contributed by atoms with Crippen LogP contribution >= 0.6 is 23.6 Å². The zero-order chi connectivity index (χ0) is 16.1. The summed E-state index contributed by atoms with van der Waals surface area (Å²) in [6, 6.07) is 3.98. The highest BCUT2D eigenvalue weighted by atomic mass is 32.1. The van der Waals surface area contributed by atoms with Crippen molar-refractivity contribution in [2.75, 3.05) is 13.6 Å². The maximum Gasteiger partial charge on any atom is 0.224 e. The smallest absolute Gasteiger partial charge is 0.224 e. The van der Waals surface area contributed by atoms with Crippen molar-refractivity contribution in [1.29, 1.82) is 0 Å². The molecule has 0 bridgehead atoms. The van der Waals surface area contributed by atoms with Crippen LogP contribution in [-0.4, -0.2) is 39.2 Å². The lowest BCUT2D eigenvalue weighted by Gasteiger charge is -2.18. The molecule has 0 aliphatic heterocycles. The third kappa shape index (κ3) is 4.27. The van der Waals surface area contributed by atoms with Gasteiger partial charge in [0.15, 0.2) is 10.6 Å². The summed E-state index contributed by atoms with van der Waals surface area (Å²) in [5, 5.41) is 9.09. The lowest BCUT2D eigenvalue weighted by atomic mass is 10.1. The van der Waals surface area contributed by atoms with Gasteiger partial charge in [0.25, 0.3) is 0 Å². The highest BCUT2D eigenvalue weighted by molar-refractivity contribution is 7.71. The minimum Gasteiger partial charge on any atom is -0.346 e. The maximum atomic E-state index is 12.2. The van der Waals surface area contributed by atoms with Crippen LogP contribution in [0.25, 0.3) is 10.7 Å². The Labute approximate surface area is 140 Å². The van der Waals surface area contributed by atoms with Crippen LogP contribution in [0.15, 0.2) is 17.5 Å². The van der Waals surface area contributed by atoms with Crippen molar-refractivity contribution in [3.05, 3.63) is 22.3 Å². The molecular formula is C15H22N4OS2. The Morgan fingerprint density at radius 2 is 2.32 bits per heavy atom. The number of aromatic amines is 1. The highest BCUT2D eigenvalue weighted by Crippen LogP contribution is 2.22. The molecule has 5 nitrogen and oxygen atoms in total. The summed E-state index contributed by atoms with van der Waals surface area (Å²) in [7, 11) is 1.86. The second-order valence-corrected chi connectivity index (χ2v) is 7.06. The van der Waals surface area contributed by atoms with Crippen LogP contribution in [0.4, 0.5) is 0 Å². The zero-order valence-electron chi connectivity index (χ0n) is 13.2. The molecule has 0 saturated carbocycles. The van der Waals surface area contributed by atoms with Gasteiger partial charge in [-0.3, -0.25) is 14.5 Å². The van der Waals surface area contributed by atoms with Crippen LogP contribution in [0.5, 0.6) is 0 Å². The van der Waals surface area contributed by atoms with Gasteiger partial charge in [0, 0.05) is 26.6 Å². The van der Waals surface area contributed by atoms with Crippen LogP contribution in [0, 0.1) is 10.7 Å². The fourth-order valence-corrected chi connectivity index (χ4v) is 3.04. The second-order valence-electron chi connectivity index (χ2n) is 5.73. The van der Waals surface area contributed by atoms with E-state index in [4.69, 9.17) is 12.2 Å². The van der Waals surface area contributed by atoms with E-state index in [0.717, 1.165) is 23.7 Å². The van der Waals surface area contributed by atoms with Gasteiger partial charge in [-0.05, 0) is 36.0 Å². The minimum atomic E-state index is 0.140. The van der Waals surface area contributed by atoms with Crippen LogP contribution in [-0.2, 0) is 11.3 Å². The van der Waals surface area contributed by atoms with Gasteiger partial charge in [-0.1, -0.05) is 19.9 Å². The fourth-order valence-electron chi connectivity index (χ4n) is 2.09. The number of amides is 1. The highest BCUT2D eigenvalue weighted by Gasteiger charge is 2.13. The lowest BCUT2D eigenvalue weighted by molar-refractivity contribution is -0.130. The van der Waals surface area contributed by atoms with Gasteiger partial charge < -0.3 is 4.90 Å². The Morgan fingerprint density at radius 1 is 1.55 bits per heavy atom. The zero-order valence-corrected chi connectivity index (χ0v) is 14.8. The first-order valence-electron chi connectivity index (χ1n) is 7.42. The number of nitrogens with zero attached hydrogens (tertiary/aromatic N) is 3. The largest absolute Gasteiger partial charge is 0.346 e. The van der Waals surface area contributed by atoms with Crippen LogP contribution in [0.2, 0.25) is 0 Å². The van der Waals surface area contributed by atoms with Crippen LogP contribution in [0.1, 0.15) is 26.7 Å². The van der Waals surface area contributed by atoms with Gasteiger partial charge in [-0.2, -0.15) is 5.10 Å². The molecule has 120 valence electrons. The molecule has 0 aliphatic rings. The monoisotopic (exact) mass is 338 g/mol. The van der Waals surface area contributed by atoms with Gasteiger partial charge in [-0.15, -0.1) is 11.3 Å². The average molecular weight is 339 g/mol. The Morgan fingerprint density at radius 3 is 2.95 bits per heavy atom. The fraction of sp³-hybridized carbons (Fsp3) is 0.533. The van der Waals surface area contributed by atoms with E-state index >= 15 is 0 Å². The van der Waals surface area contributed by atoms with Crippen molar-refractivity contribution in [2.24, 2.45) is 5.92 Å². The second kappa shape index (κ2) is 7.69. The summed E-state index contributed by atoms with van der Waals surface area (Å²) in [4.78, 5) is 15.1. The summed E-state index contributed by atoms with van der Waals surface area (Å²) in [5.41, 5.74) is 0. The molecule has 0 saturated heterocycles. The van der Waals surface area contributed by atoms with E-state index in [1.54, 1.807) is 16.2 Å². The summed E-state index contributed by atoms with van der Waals surface area (Å²) < 4.78 is 2.45. The maximum absolute atomic E-state index is 12.2. The summed E-state index contributed by atoms with van der Waals surface area (Å²) in [5.74, 6) is 1.54.